The molecule has 0 saturated carbocycles. The summed E-state index contributed by atoms with van der Waals surface area (Å²) in [5, 5.41) is 4.68. The molecule has 0 fully saturated rings. The van der Waals surface area contributed by atoms with E-state index in [1.165, 1.54) is 22.3 Å². The van der Waals surface area contributed by atoms with Crippen LogP contribution in [-0.2, 0) is 0 Å². The molecular weight excluding hydrogens is 260 g/mol. The van der Waals surface area contributed by atoms with Crippen molar-refractivity contribution in [2.24, 2.45) is 10.8 Å². The van der Waals surface area contributed by atoms with Crippen LogP contribution < -0.4 is 0 Å². The monoisotopic (exact) mass is 286 g/mol. The molecule has 1 heteroatoms. The summed E-state index contributed by atoms with van der Waals surface area (Å²) in [7, 11) is 0. The molecule has 0 amide bonds. The molecule has 0 spiro atoms. The Hall–Kier alpha value is -0.950. The van der Waals surface area contributed by atoms with E-state index in [0.717, 1.165) is 6.42 Å². The van der Waals surface area contributed by atoms with E-state index in [0.29, 0.717) is 0 Å². The molecule has 0 nitrogen and oxygen atoms in total. The van der Waals surface area contributed by atoms with E-state index < -0.39 is 0 Å². The topological polar surface area (TPSA) is 0 Å². The van der Waals surface area contributed by atoms with Gasteiger partial charge in [-0.3, -0.25) is 0 Å². The van der Waals surface area contributed by atoms with Gasteiger partial charge in [-0.2, -0.15) is 0 Å². The molecule has 2 rings (SSSR count). The molecule has 0 aromatic carbocycles. The summed E-state index contributed by atoms with van der Waals surface area (Å²) < 4.78 is 0. The van der Waals surface area contributed by atoms with Gasteiger partial charge in [-0.05, 0) is 50.4 Å². The Bertz CT molecular complexity index is 489. The van der Waals surface area contributed by atoms with Crippen LogP contribution in [0, 0.1) is 10.8 Å². The zero-order valence-electron chi connectivity index (χ0n) is 13.6. The predicted octanol–water partition coefficient (Wildman–Crippen LogP) is 6.41. The summed E-state index contributed by atoms with van der Waals surface area (Å²) in [4.78, 5) is 0. The molecule has 1 aliphatic carbocycles. The SMILES string of the molecule is CC(C)(C)C1=CSC=C(C(C)(C)C)C2=CC=CC=C1C2. The first-order valence-electron chi connectivity index (χ1n) is 7.33. The van der Waals surface area contributed by atoms with E-state index in [4.69, 9.17) is 0 Å². The van der Waals surface area contributed by atoms with Gasteiger partial charge in [0.2, 0.25) is 0 Å². The molecule has 1 heterocycles. The standard InChI is InChI=1S/C19H26S/c1-18(2,3)16-12-20-13-17(19(4,5)6)15-10-8-7-9-14(16)11-15/h7-10,12-13H,11H2,1-6H3. The second-order valence-electron chi connectivity index (χ2n) is 7.64. The summed E-state index contributed by atoms with van der Waals surface area (Å²) in [6.07, 6.45) is 9.97. The van der Waals surface area contributed by atoms with Gasteiger partial charge in [-0.15, -0.1) is 11.8 Å². The quantitative estimate of drug-likeness (QED) is 0.496. The lowest BCUT2D eigenvalue weighted by molar-refractivity contribution is 0.500. The zero-order chi connectivity index (χ0) is 15.0. The Balaban J connectivity index is 2.55. The first-order chi connectivity index (χ1) is 9.19. The molecule has 0 radical (unpaired) electrons. The van der Waals surface area contributed by atoms with Crippen molar-refractivity contribution in [1.82, 2.24) is 0 Å². The Morgan fingerprint density at radius 2 is 1.15 bits per heavy atom. The molecule has 1 aliphatic heterocycles. The molecule has 108 valence electrons. The highest BCUT2D eigenvalue weighted by molar-refractivity contribution is 8.05. The minimum Gasteiger partial charge on any atom is -0.105 e. The summed E-state index contributed by atoms with van der Waals surface area (Å²) in [5.74, 6) is 0. The summed E-state index contributed by atoms with van der Waals surface area (Å²) in [5.41, 5.74) is 6.22. The van der Waals surface area contributed by atoms with Crippen LogP contribution in [0.2, 0.25) is 0 Å². The number of allylic oxidation sites excluding steroid dienone is 8. The van der Waals surface area contributed by atoms with Crippen molar-refractivity contribution in [2.75, 3.05) is 0 Å². The van der Waals surface area contributed by atoms with Gasteiger partial charge in [0.15, 0.2) is 0 Å². The van der Waals surface area contributed by atoms with Crippen molar-refractivity contribution >= 4 is 11.8 Å². The molecule has 2 bridgehead atoms. The largest absolute Gasteiger partial charge is 0.105 e. The van der Waals surface area contributed by atoms with Crippen molar-refractivity contribution in [3.8, 4) is 0 Å². The molecule has 0 aromatic heterocycles. The van der Waals surface area contributed by atoms with Crippen molar-refractivity contribution in [3.05, 3.63) is 57.4 Å². The maximum Gasteiger partial charge on any atom is -0.00195 e. The van der Waals surface area contributed by atoms with Crippen LogP contribution in [0.1, 0.15) is 48.0 Å². The lowest BCUT2D eigenvalue weighted by Gasteiger charge is -2.31. The van der Waals surface area contributed by atoms with Crippen LogP contribution in [0.15, 0.2) is 57.4 Å². The number of rotatable bonds is 0. The van der Waals surface area contributed by atoms with Gasteiger partial charge >= 0.3 is 0 Å². The number of hydrogen-bond donors (Lipinski definition) is 0. The average Bonchev–Trinajstić information content (AvgIpc) is 2.48. The number of fused-ring (bicyclic) bond motifs is 2. The van der Waals surface area contributed by atoms with E-state index in [1.54, 1.807) is 0 Å². The average molecular weight is 286 g/mol. The van der Waals surface area contributed by atoms with Gasteiger partial charge < -0.3 is 0 Å². The second-order valence-corrected chi connectivity index (χ2v) is 8.39. The third-order valence-corrected chi connectivity index (χ3v) is 4.51. The third kappa shape index (κ3) is 3.38. The van der Waals surface area contributed by atoms with Gasteiger partial charge in [0.1, 0.15) is 0 Å². The van der Waals surface area contributed by atoms with E-state index in [2.05, 4.69) is 76.7 Å². The second kappa shape index (κ2) is 5.44. The molecule has 0 saturated heterocycles. The highest BCUT2D eigenvalue weighted by Gasteiger charge is 2.27. The van der Waals surface area contributed by atoms with E-state index in [1.807, 2.05) is 11.8 Å². The Morgan fingerprint density at radius 1 is 0.750 bits per heavy atom. The molecule has 0 aromatic rings. The van der Waals surface area contributed by atoms with Crippen LogP contribution in [0.3, 0.4) is 0 Å². The first-order valence-corrected chi connectivity index (χ1v) is 8.28. The minimum atomic E-state index is 0.190. The third-order valence-electron chi connectivity index (χ3n) is 3.77. The smallest absolute Gasteiger partial charge is 0.00195 e. The van der Waals surface area contributed by atoms with Crippen LogP contribution >= 0.6 is 11.8 Å². The van der Waals surface area contributed by atoms with Crippen LogP contribution in [0.25, 0.3) is 0 Å². The van der Waals surface area contributed by atoms with Gasteiger partial charge in [-0.1, -0.05) is 65.8 Å². The van der Waals surface area contributed by atoms with Crippen LogP contribution in [-0.4, -0.2) is 0 Å². The first kappa shape index (κ1) is 15.4. The van der Waals surface area contributed by atoms with Gasteiger partial charge in [-0.25, -0.2) is 0 Å². The summed E-state index contributed by atoms with van der Waals surface area (Å²) >= 11 is 1.83. The Labute approximate surface area is 128 Å². The molecular formula is C19H26S. The van der Waals surface area contributed by atoms with E-state index in [9.17, 15) is 0 Å². The highest BCUT2D eigenvalue weighted by atomic mass is 32.2. The molecule has 20 heavy (non-hydrogen) atoms. The summed E-state index contributed by atoms with van der Waals surface area (Å²) in [6, 6.07) is 0. The van der Waals surface area contributed by atoms with Gasteiger partial charge in [0, 0.05) is 0 Å². The van der Waals surface area contributed by atoms with E-state index >= 15 is 0 Å². The highest BCUT2D eigenvalue weighted by Crippen LogP contribution is 2.44. The fourth-order valence-corrected chi connectivity index (χ4v) is 4.02. The molecule has 0 unspecified atom stereocenters. The maximum atomic E-state index is 2.34. The lowest BCUT2D eigenvalue weighted by Crippen LogP contribution is -2.16. The molecule has 0 N–H and O–H groups in total. The van der Waals surface area contributed by atoms with Gasteiger partial charge in [0.05, 0.1) is 0 Å². The molecule has 0 atom stereocenters. The maximum absolute atomic E-state index is 2.34. The van der Waals surface area contributed by atoms with Gasteiger partial charge in [0.25, 0.3) is 0 Å². The van der Waals surface area contributed by atoms with Crippen LogP contribution in [0.4, 0.5) is 0 Å². The Morgan fingerprint density at radius 3 is 1.50 bits per heavy atom. The summed E-state index contributed by atoms with van der Waals surface area (Å²) in [6.45, 7) is 13.8. The van der Waals surface area contributed by atoms with E-state index in [-0.39, 0.29) is 10.8 Å². The van der Waals surface area contributed by atoms with Crippen molar-refractivity contribution in [1.29, 1.82) is 0 Å². The number of hydrogen-bond acceptors (Lipinski definition) is 1. The van der Waals surface area contributed by atoms with Crippen molar-refractivity contribution in [2.45, 2.75) is 48.0 Å². The fraction of sp³-hybridized carbons (Fsp3) is 0.474. The van der Waals surface area contributed by atoms with Crippen molar-refractivity contribution in [3.63, 3.8) is 0 Å². The van der Waals surface area contributed by atoms with Crippen LogP contribution in [0.5, 0.6) is 0 Å². The fourth-order valence-electron chi connectivity index (χ4n) is 2.67. The number of thioether (sulfide) groups is 1. The zero-order valence-corrected chi connectivity index (χ0v) is 14.4. The lowest BCUT2D eigenvalue weighted by atomic mass is 9.77. The molecule has 2 aliphatic rings. The normalized spacial score (nSPS) is 20.1. The van der Waals surface area contributed by atoms with Crippen molar-refractivity contribution < 1.29 is 0 Å². The predicted molar refractivity (Wildman–Crippen MR) is 92.6 cm³/mol. The minimum absolute atomic E-state index is 0.190. The Kier molecular flexibility index (Phi) is 4.20.